The van der Waals surface area contributed by atoms with Crippen LogP contribution in [0.1, 0.15) is 42.6 Å². The summed E-state index contributed by atoms with van der Waals surface area (Å²) in [6.07, 6.45) is 1.60. The molecule has 0 saturated heterocycles. The number of benzene rings is 3. The molecule has 0 heterocycles. The van der Waals surface area contributed by atoms with E-state index in [9.17, 15) is 4.79 Å². The van der Waals surface area contributed by atoms with E-state index in [0.29, 0.717) is 6.04 Å². The second-order valence-corrected chi connectivity index (χ2v) is 8.83. The van der Waals surface area contributed by atoms with Gasteiger partial charge < -0.3 is 4.48 Å². The van der Waals surface area contributed by atoms with Crippen LogP contribution in [-0.2, 0) is 5.41 Å². The van der Waals surface area contributed by atoms with E-state index < -0.39 is 5.41 Å². The topological polar surface area (TPSA) is 17.1 Å². The summed E-state index contributed by atoms with van der Waals surface area (Å²) in [5, 5.41) is 2.16. The molecule has 0 spiro atoms. The van der Waals surface area contributed by atoms with E-state index in [1.165, 1.54) is 0 Å². The third-order valence-electron chi connectivity index (χ3n) is 6.37. The van der Waals surface area contributed by atoms with Gasteiger partial charge in [0, 0.05) is 12.0 Å². The fourth-order valence-corrected chi connectivity index (χ4v) is 4.07. The molecule has 0 aliphatic heterocycles. The van der Waals surface area contributed by atoms with Crippen LogP contribution in [0.4, 0.5) is 0 Å². The minimum absolute atomic E-state index is 0.235. The summed E-state index contributed by atoms with van der Waals surface area (Å²) >= 11 is 0. The van der Waals surface area contributed by atoms with E-state index in [1.54, 1.807) is 0 Å². The lowest BCUT2D eigenvalue weighted by molar-refractivity contribution is -0.894. The molecule has 3 aromatic carbocycles. The smallest absolute Gasteiger partial charge is 0.174 e. The van der Waals surface area contributed by atoms with Crippen molar-refractivity contribution < 1.29 is 9.28 Å². The highest BCUT2D eigenvalue weighted by Gasteiger charge is 2.43. The first-order chi connectivity index (χ1) is 13.3. The number of hydrogen-bond donors (Lipinski definition) is 0. The molecule has 2 heteroatoms. The highest BCUT2D eigenvalue weighted by Crippen LogP contribution is 2.39. The van der Waals surface area contributed by atoms with Crippen LogP contribution in [0, 0.1) is 0 Å². The molecule has 28 heavy (non-hydrogen) atoms. The molecule has 3 aromatic rings. The predicted molar refractivity (Wildman–Crippen MR) is 119 cm³/mol. The van der Waals surface area contributed by atoms with Crippen molar-refractivity contribution in [2.45, 2.75) is 38.1 Å². The highest BCUT2D eigenvalue weighted by atomic mass is 16.1. The van der Waals surface area contributed by atoms with Crippen molar-refractivity contribution in [3.8, 4) is 0 Å². The lowest BCUT2D eigenvalue weighted by Crippen LogP contribution is -2.49. The summed E-state index contributed by atoms with van der Waals surface area (Å²) < 4.78 is 0.831. The fourth-order valence-electron chi connectivity index (χ4n) is 4.07. The van der Waals surface area contributed by atoms with E-state index in [4.69, 9.17) is 0 Å². The van der Waals surface area contributed by atoms with Crippen LogP contribution in [0.15, 0.2) is 72.8 Å². The molecule has 0 radical (unpaired) electrons. The molecule has 2 nitrogen and oxygen atoms in total. The molecular formula is C26H32NO+. The summed E-state index contributed by atoms with van der Waals surface area (Å²) in [5.74, 6) is 0.235. The maximum absolute atomic E-state index is 14.2. The molecule has 3 rings (SSSR count). The molecule has 0 bridgehead atoms. The standard InChI is InChI=1S/C26H32NO/c1-6-26(19-20(2)27(3,4)5,22-15-8-7-9-16-22)25(28)24-18-12-14-21-13-10-11-17-23(21)24/h7-18,20H,6,19H2,1-5H3/q+1/t20-,26-/m0/s1. The number of carbonyl (C=O) groups excluding carboxylic acids is 1. The van der Waals surface area contributed by atoms with Gasteiger partial charge in [-0.3, -0.25) is 4.79 Å². The molecule has 0 aliphatic carbocycles. The Kier molecular flexibility index (Phi) is 5.71. The molecule has 0 fully saturated rings. The Morgan fingerprint density at radius 2 is 1.50 bits per heavy atom. The number of fused-ring (bicyclic) bond motifs is 1. The second kappa shape index (κ2) is 7.89. The van der Waals surface area contributed by atoms with Gasteiger partial charge in [0.05, 0.1) is 32.6 Å². The van der Waals surface area contributed by atoms with E-state index >= 15 is 0 Å². The van der Waals surface area contributed by atoms with Crippen LogP contribution in [0.5, 0.6) is 0 Å². The molecular weight excluding hydrogens is 342 g/mol. The lowest BCUT2D eigenvalue weighted by Gasteiger charge is -2.40. The van der Waals surface area contributed by atoms with Gasteiger partial charge in [0.25, 0.3) is 0 Å². The Labute approximate surface area is 169 Å². The first-order valence-corrected chi connectivity index (χ1v) is 10.2. The summed E-state index contributed by atoms with van der Waals surface area (Å²) in [5.41, 5.74) is 1.42. The van der Waals surface area contributed by atoms with Crippen molar-refractivity contribution in [2.24, 2.45) is 0 Å². The van der Waals surface area contributed by atoms with E-state index in [0.717, 1.165) is 39.2 Å². The second-order valence-electron chi connectivity index (χ2n) is 8.83. The Balaban J connectivity index is 2.19. The van der Waals surface area contributed by atoms with Crippen molar-refractivity contribution in [2.75, 3.05) is 21.1 Å². The molecule has 0 N–H and O–H groups in total. The zero-order valence-electron chi connectivity index (χ0n) is 17.8. The van der Waals surface area contributed by atoms with Crippen molar-refractivity contribution in [1.29, 1.82) is 0 Å². The van der Waals surface area contributed by atoms with Gasteiger partial charge in [0.1, 0.15) is 0 Å². The number of Topliss-reactive ketones (excluding diaryl/α,β-unsaturated/α-hetero) is 1. The fraction of sp³-hybridized carbons (Fsp3) is 0.346. The number of rotatable bonds is 7. The van der Waals surface area contributed by atoms with Crippen molar-refractivity contribution >= 4 is 16.6 Å². The van der Waals surface area contributed by atoms with Crippen molar-refractivity contribution in [3.63, 3.8) is 0 Å². The SMILES string of the molecule is CC[C@@](C[C@H](C)[N+](C)(C)C)(C(=O)c1cccc2ccccc12)c1ccccc1. The molecule has 2 atom stereocenters. The third kappa shape index (κ3) is 3.74. The first-order valence-electron chi connectivity index (χ1n) is 10.2. The largest absolute Gasteiger partial charge is 0.329 e. The number of ketones is 1. The Hall–Kier alpha value is -2.45. The molecule has 0 aliphatic rings. The van der Waals surface area contributed by atoms with E-state index in [-0.39, 0.29) is 5.78 Å². The maximum Gasteiger partial charge on any atom is 0.174 e. The predicted octanol–water partition coefficient (Wildman–Crippen LogP) is 5.86. The van der Waals surface area contributed by atoms with E-state index in [1.807, 2.05) is 42.5 Å². The summed E-state index contributed by atoms with van der Waals surface area (Å²) in [6, 6.07) is 25.0. The van der Waals surface area contributed by atoms with E-state index in [2.05, 4.69) is 65.3 Å². The number of quaternary nitrogens is 1. The molecule has 0 aromatic heterocycles. The van der Waals surface area contributed by atoms with Gasteiger partial charge in [0.2, 0.25) is 0 Å². The zero-order valence-corrected chi connectivity index (χ0v) is 17.8. The van der Waals surface area contributed by atoms with Gasteiger partial charge >= 0.3 is 0 Å². The van der Waals surface area contributed by atoms with Crippen LogP contribution in [-0.4, -0.2) is 37.5 Å². The lowest BCUT2D eigenvalue weighted by atomic mass is 9.68. The molecule has 0 amide bonds. The van der Waals surface area contributed by atoms with Crippen LogP contribution in [0.25, 0.3) is 10.8 Å². The quantitative estimate of drug-likeness (QED) is 0.374. The average Bonchev–Trinajstić information content (AvgIpc) is 2.71. The Bertz CT molecular complexity index is 950. The number of carbonyl (C=O) groups is 1. The van der Waals surface area contributed by atoms with Gasteiger partial charge in [-0.25, -0.2) is 0 Å². The van der Waals surface area contributed by atoms with Crippen LogP contribution in [0.3, 0.4) is 0 Å². The Morgan fingerprint density at radius 3 is 2.14 bits per heavy atom. The summed E-state index contributed by atoms with van der Waals surface area (Å²) in [4.78, 5) is 14.2. The third-order valence-corrected chi connectivity index (χ3v) is 6.37. The van der Waals surface area contributed by atoms with Crippen molar-refractivity contribution in [3.05, 3.63) is 83.9 Å². The van der Waals surface area contributed by atoms with Crippen LogP contribution < -0.4 is 0 Å². The monoisotopic (exact) mass is 374 g/mol. The number of hydrogen-bond acceptors (Lipinski definition) is 1. The van der Waals surface area contributed by atoms with Gasteiger partial charge in [-0.15, -0.1) is 0 Å². The highest BCUT2D eigenvalue weighted by molar-refractivity contribution is 6.13. The Morgan fingerprint density at radius 1 is 0.893 bits per heavy atom. The van der Waals surface area contributed by atoms with Crippen molar-refractivity contribution in [1.82, 2.24) is 0 Å². The van der Waals surface area contributed by atoms with Gasteiger partial charge in [-0.2, -0.15) is 0 Å². The average molecular weight is 375 g/mol. The first kappa shape index (κ1) is 20.3. The summed E-state index contributed by atoms with van der Waals surface area (Å²) in [7, 11) is 6.62. The molecule has 0 unspecified atom stereocenters. The molecule has 146 valence electrons. The van der Waals surface area contributed by atoms with Crippen LogP contribution >= 0.6 is 0 Å². The van der Waals surface area contributed by atoms with Gasteiger partial charge in [-0.1, -0.05) is 79.7 Å². The van der Waals surface area contributed by atoms with Gasteiger partial charge in [-0.05, 0) is 29.7 Å². The minimum Gasteiger partial charge on any atom is -0.329 e. The minimum atomic E-state index is -0.531. The van der Waals surface area contributed by atoms with Crippen LogP contribution in [0.2, 0.25) is 0 Å². The number of nitrogens with zero attached hydrogens (tertiary/aromatic N) is 1. The summed E-state index contributed by atoms with van der Waals surface area (Å²) in [6.45, 7) is 4.40. The zero-order chi connectivity index (χ0) is 20.4. The van der Waals surface area contributed by atoms with Gasteiger partial charge in [0.15, 0.2) is 5.78 Å². The normalized spacial score (nSPS) is 15.2. The maximum atomic E-state index is 14.2. The molecule has 0 saturated carbocycles.